The van der Waals surface area contributed by atoms with Crippen molar-refractivity contribution in [3.05, 3.63) is 69.2 Å². The van der Waals surface area contributed by atoms with Gasteiger partial charge in [0.1, 0.15) is 0 Å². The molecule has 1 nitrogen and oxygen atoms in total. The predicted octanol–water partition coefficient (Wildman–Crippen LogP) is 4.08. The summed E-state index contributed by atoms with van der Waals surface area (Å²) in [5.74, 6) is -1.77. The highest BCUT2D eigenvalue weighted by Crippen LogP contribution is 2.29. The second kappa shape index (κ2) is 5.16. The molecular weight excluding hydrogens is 300 g/mol. The highest BCUT2D eigenvalue weighted by molar-refractivity contribution is 9.10. The summed E-state index contributed by atoms with van der Waals surface area (Å²) < 4.78 is 27.6. The van der Waals surface area contributed by atoms with E-state index in [0.717, 1.165) is 21.7 Å². The molecule has 2 aromatic carbocycles. The monoisotopic (exact) mass is 311 g/mol. The van der Waals surface area contributed by atoms with E-state index < -0.39 is 17.7 Å². The van der Waals surface area contributed by atoms with E-state index in [1.54, 1.807) is 0 Å². The summed E-state index contributed by atoms with van der Waals surface area (Å²) in [4.78, 5) is 0. The summed E-state index contributed by atoms with van der Waals surface area (Å²) in [5, 5.41) is 0. The minimum absolute atomic E-state index is 0.152. The molecule has 0 amide bonds. The van der Waals surface area contributed by atoms with E-state index >= 15 is 0 Å². The van der Waals surface area contributed by atoms with E-state index in [0.29, 0.717) is 0 Å². The molecule has 0 spiro atoms. The van der Waals surface area contributed by atoms with E-state index in [1.165, 1.54) is 12.1 Å². The van der Waals surface area contributed by atoms with Crippen molar-refractivity contribution in [2.45, 2.75) is 13.0 Å². The molecule has 0 aliphatic heterocycles. The Morgan fingerprint density at radius 3 is 2.50 bits per heavy atom. The molecular formula is C14H12BrF2N. The van der Waals surface area contributed by atoms with Crippen LogP contribution in [0.1, 0.15) is 22.7 Å². The Morgan fingerprint density at radius 2 is 1.83 bits per heavy atom. The summed E-state index contributed by atoms with van der Waals surface area (Å²) in [5.41, 5.74) is 7.95. The van der Waals surface area contributed by atoms with Gasteiger partial charge in [-0.3, -0.25) is 0 Å². The molecule has 4 heteroatoms. The van der Waals surface area contributed by atoms with Crippen molar-refractivity contribution in [3.8, 4) is 0 Å². The lowest BCUT2D eigenvalue weighted by atomic mass is 9.98. The van der Waals surface area contributed by atoms with Gasteiger partial charge in [-0.25, -0.2) is 8.78 Å². The fourth-order valence-corrected chi connectivity index (χ4v) is 2.55. The lowest BCUT2D eigenvalue weighted by molar-refractivity contribution is 0.494. The van der Waals surface area contributed by atoms with Gasteiger partial charge in [0.05, 0.1) is 6.04 Å². The molecule has 2 N–H and O–H groups in total. The number of aryl methyl sites for hydroxylation is 1. The smallest absolute Gasteiger partial charge is 0.163 e. The van der Waals surface area contributed by atoms with E-state index in [2.05, 4.69) is 15.9 Å². The van der Waals surface area contributed by atoms with Crippen LogP contribution in [-0.2, 0) is 0 Å². The van der Waals surface area contributed by atoms with Crippen molar-refractivity contribution in [1.82, 2.24) is 0 Å². The molecule has 2 rings (SSSR count). The topological polar surface area (TPSA) is 26.0 Å². The summed E-state index contributed by atoms with van der Waals surface area (Å²) in [6, 6.07) is 8.93. The summed E-state index contributed by atoms with van der Waals surface area (Å²) in [7, 11) is 0. The van der Waals surface area contributed by atoms with Gasteiger partial charge in [0.15, 0.2) is 11.6 Å². The second-order valence-electron chi connectivity index (χ2n) is 4.15. The molecule has 0 saturated carbocycles. The molecule has 0 aliphatic carbocycles. The maximum absolute atomic E-state index is 13.7. The van der Waals surface area contributed by atoms with Crippen LogP contribution in [0.4, 0.5) is 8.78 Å². The largest absolute Gasteiger partial charge is 0.320 e. The summed E-state index contributed by atoms with van der Waals surface area (Å²) in [6.45, 7) is 1.95. The van der Waals surface area contributed by atoms with Gasteiger partial charge in [0, 0.05) is 10.0 Å². The normalized spacial score (nSPS) is 12.5. The molecule has 2 aromatic rings. The molecule has 0 saturated heterocycles. The van der Waals surface area contributed by atoms with E-state index in [-0.39, 0.29) is 5.56 Å². The molecule has 94 valence electrons. The third-order valence-corrected chi connectivity index (χ3v) is 3.49. The molecule has 18 heavy (non-hydrogen) atoms. The van der Waals surface area contributed by atoms with Gasteiger partial charge < -0.3 is 5.73 Å². The first kappa shape index (κ1) is 13.2. The minimum atomic E-state index is -0.891. The van der Waals surface area contributed by atoms with Crippen LogP contribution < -0.4 is 5.73 Å². The number of halogens is 3. The Hall–Kier alpha value is -1.26. The zero-order valence-corrected chi connectivity index (χ0v) is 11.3. The second-order valence-corrected chi connectivity index (χ2v) is 5.00. The third-order valence-electron chi connectivity index (χ3n) is 2.81. The van der Waals surface area contributed by atoms with Crippen LogP contribution in [0.2, 0.25) is 0 Å². The van der Waals surface area contributed by atoms with Crippen molar-refractivity contribution in [2.75, 3.05) is 0 Å². The standard InChI is InChI=1S/C14H12BrF2N/c1-8-5-6-9(11(15)7-8)14(18)10-3-2-4-12(16)13(10)17/h2-7,14H,18H2,1H3. The van der Waals surface area contributed by atoms with Crippen molar-refractivity contribution in [3.63, 3.8) is 0 Å². The van der Waals surface area contributed by atoms with E-state index in [1.807, 2.05) is 25.1 Å². The first-order valence-corrected chi connectivity index (χ1v) is 6.25. The van der Waals surface area contributed by atoms with Gasteiger partial charge in [0.25, 0.3) is 0 Å². The van der Waals surface area contributed by atoms with Gasteiger partial charge >= 0.3 is 0 Å². The molecule has 1 atom stereocenters. The SMILES string of the molecule is Cc1ccc(C(N)c2cccc(F)c2F)c(Br)c1. The highest BCUT2D eigenvalue weighted by Gasteiger charge is 2.18. The maximum atomic E-state index is 13.7. The zero-order chi connectivity index (χ0) is 13.3. The lowest BCUT2D eigenvalue weighted by Crippen LogP contribution is -2.15. The van der Waals surface area contributed by atoms with Gasteiger partial charge in [-0.15, -0.1) is 0 Å². The number of benzene rings is 2. The first-order valence-electron chi connectivity index (χ1n) is 5.46. The summed E-state index contributed by atoms with van der Waals surface area (Å²) >= 11 is 3.39. The average molecular weight is 312 g/mol. The van der Waals surface area contributed by atoms with Crippen molar-refractivity contribution < 1.29 is 8.78 Å². The zero-order valence-electron chi connectivity index (χ0n) is 9.75. The van der Waals surface area contributed by atoms with Crippen LogP contribution >= 0.6 is 15.9 Å². The third kappa shape index (κ3) is 2.44. The molecule has 0 aromatic heterocycles. The Balaban J connectivity index is 2.48. The Bertz CT molecular complexity index is 584. The fourth-order valence-electron chi connectivity index (χ4n) is 1.81. The molecule has 1 unspecified atom stereocenters. The Kier molecular flexibility index (Phi) is 3.78. The van der Waals surface area contributed by atoms with Crippen molar-refractivity contribution >= 4 is 15.9 Å². The molecule has 0 bridgehead atoms. The van der Waals surface area contributed by atoms with E-state index in [4.69, 9.17) is 5.73 Å². The van der Waals surface area contributed by atoms with Crippen LogP contribution in [0, 0.1) is 18.6 Å². The van der Waals surface area contributed by atoms with Gasteiger partial charge in [0.2, 0.25) is 0 Å². The van der Waals surface area contributed by atoms with Crippen LogP contribution in [0.3, 0.4) is 0 Å². The number of hydrogen-bond donors (Lipinski definition) is 1. The van der Waals surface area contributed by atoms with Crippen molar-refractivity contribution in [2.24, 2.45) is 5.73 Å². The number of rotatable bonds is 2. The lowest BCUT2D eigenvalue weighted by Gasteiger charge is -2.15. The number of nitrogens with two attached hydrogens (primary N) is 1. The van der Waals surface area contributed by atoms with Crippen LogP contribution in [0.25, 0.3) is 0 Å². The van der Waals surface area contributed by atoms with E-state index in [9.17, 15) is 8.78 Å². The van der Waals surface area contributed by atoms with Crippen molar-refractivity contribution in [1.29, 1.82) is 0 Å². The van der Waals surface area contributed by atoms with Crippen LogP contribution in [0.5, 0.6) is 0 Å². The predicted molar refractivity (Wildman–Crippen MR) is 71.3 cm³/mol. The minimum Gasteiger partial charge on any atom is -0.320 e. The molecule has 0 heterocycles. The summed E-state index contributed by atoms with van der Waals surface area (Å²) in [6.07, 6.45) is 0. The Labute approximate surface area is 113 Å². The first-order chi connectivity index (χ1) is 8.50. The highest BCUT2D eigenvalue weighted by atomic mass is 79.9. The quantitative estimate of drug-likeness (QED) is 0.888. The van der Waals surface area contributed by atoms with Crippen LogP contribution in [0.15, 0.2) is 40.9 Å². The fraction of sp³-hybridized carbons (Fsp3) is 0.143. The molecule has 0 fully saturated rings. The van der Waals surface area contributed by atoms with Gasteiger partial charge in [-0.05, 0) is 30.2 Å². The van der Waals surface area contributed by atoms with Crippen LogP contribution in [-0.4, -0.2) is 0 Å². The molecule has 0 radical (unpaired) electrons. The van der Waals surface area contributed by atoms with Gasteiger partial charge in [-0.1, -0.05) is 40.2 Å². The number of hydrogen-bond acceptors (Lipinski definition) is 1. The molecule has 0 aliphatic rings. The Morgan fingerprint density at radius 1 is 1.11 bits per heavy atom. The van der Waals surface area contributed by atoms with Gasteiger partial charge in [-0.2, -0.15) is 0 Å². The maximum Gasteiger partial charge on any atom is 0.163 e. The average Bonchev–Trinajstić information content (AvgIpc) is 2.32.